The average Bonchev–Trinajstić information content (AvgIpc) is 2.59. The molecular weight excluding hydrogens is 485 g/mol. The topological polar surface area (TPSA) is 154 Å². The second-order valence-electron chi connectivity index (χ2n) is 6.90. The molecule has 0 spiro atoms. The standard InChI is InChI=1S/C16H23F3N2O9S2/c1-8(30-32(26,27)16(17,18)19)11(13(24)28-6)21-12(23)10(7-31-9(2)22)20-14(25)29-15(3,4)5/h10H,7H2,1-6H3,(H,20,25)(H,21,23)/b11-8+/t10-/m0/s1. The summed E-state index contributed by atoms with van der Waals surface area (Å²) >= 11 is 0.613. The van der Waals surface area contributed by atoms with Crippen LogP contribution in [0.5, 0.6) is 0 Å². The first-order valence-corrected chi connectivity index (χ1v) is 10.9. The molecule has 2 amide bonds. The van der Waals surface area contributed by atoms with Crippen LogP contribution in [0, 0.1) is 0 Å². The number of hydrogen-bond acceptors (Lipinski definition) is 10. The van der Waals surface area contributed by atoms with E-state index < -0.39 is 61.8 Å². The molecular formula is C16H23F3N2O9S2. The van der Waals surface area contributed by atoms with Gasteiger partial charge in [0.2, 0.25) is 5.91 Å². The number of allylic oxidation sites excluding steroid dienone is 1. The third-order valence-corrected chi connectivity index (χ3v) is 4.91. The monoisotopic (exact) mass is 508 g/mol. The van der Waals surface area contributed by atoms with Crippen molar-refractivity contribution in [1.82, 2.24) is 10.6 Å². The molecule has 0 aromatic carbocycles. The molecule has 0 aliphatic carbocycles. The summed E-state index contributed by atoms with van der Waals surface area (Å²) < 4.78 is 73.2. The summed E-state index contributed by atoms with van der Waals surface area (Å²) in [7, 11) is -5.35. The van der Waals surface area contributed by atoms with Crippen LogP contribution >= 0.6 is 11.8 Å². The molecule has 0 aliphatic rings. The van der Waals surface area contributed by atoms with E-state index in [1.807, 2.05) is 5.32 Å². The molecule has 0 saturated carbocycles. The molecule has 0 unspecified atom stereocenters. The van der Waals surface area contributed by atoms with E-state index in [9.17, 15) is 40.8 Å². The summed E-state index contributed by atoms with van der Waals surface area (Å²) in [6.45, 7) is 6.44. The van der Waals surface area contributed by atoms with Crippen molar-refractivity contribution in [2.45, 2.75) is 51.8 Å². The fourth-order valence-electron chi connectivity index (χ4n) is 1.68. The number of rotatable bonds is 8. The van der Waals surface area contributed by atoms with Gasteiger partial charge >= 0.3 is 27.7 Å². The summed E-state index contributed by atoms with van der Waals surface area (Å²) in [6, 6.07) is -1.52. The summed E-state index contributed by atoms with van der Waals surface area (Å²) in [5.74, 6) is -4.14. The van der Waals surface area contributed by atoms with Crippen LogP contribution in [0.15, 0.2) is 11.5 Å². The summed E-state index contributed by atoms with van der Waals surface area (Å²) in [6.07, 6.45) is -1.07. The molecule has 0 aliphatic heterocycles. The van der Waals surface area contributed by atoms with Crippen LogP contribution in [-0.2, 0) is 38.2 Å². The molecule has 11 nitrogen and oxygen atoms in total. The van der Waals surface area contributed by atoms with Gasteiger partial charge in [-0.2, -0.15) is 21.6 Å². The largest absolute Gasteiger partial charge is 0.534 e. The van der Waals surface area contributed by atoms with E-state index in [0.29, 0.717) is 18.7 Å². The Labute approximate surface area is 186 Å². The van der Waals surface area contributed by atoms with Gasteiger partial charge in [0.05, 0.1) is 7.11 Å². The molecule has 0 bridgehead atoms. The smallest absolute Gasteiger partial charge is 0.464 e. The molecule has 0 rings (SSSR count). The predicted molar refractivity (Wildman–Crippen MR) is 105 cm³/mol. The Morgan fingerprint density at radius 3 is 2.00 bits per heavy atom. The number of thioether (sulfide) groups is 1. The van der Waals surface area contributed by atoms with E-state index in [2.05, 4.69) is 14.2 Å². The van der Waals surface area contributed by atoms with Gasteiger partial charge in [-0.1, -0.05) is 11.8 Å². The zero-order valence-electron chi connectivity index (χ0n) is 17.9. The van der Waals surface area contributed by atoms with Crippen LogP contribution < -0.4 is 10.6 Å². The van der Waals surface area contributed by atoms with Gasteiger partial charge in [0.15, 0.2) is 10.8 Å². The lowest BCUT2D eigenvalue weighted by atomic mass is 10.2. The van der Waals surface area contributed by atoms with Gasteiger partial charge in [0.1, 0.15) is 17.4 Å². The fraction of sp³-hybridized carbons (Fsp3) is 0.625. The third kappa shape index (κ3) is 10.2. The van der Waals surface area contributed by atoms with Gasteiger partial charge in [0, 0.05) is 12.7 Å². The van der Waals surface area contributed by atoms with Gasteiger partial charge in [-0.15, -0.1) is 0 Å². The summed E-state index contributed by atoms with van der Waals surface area (Å²) in [5.41, 5.74) is -7.83. The highest BCUT2D eigenvalue weighted by molar-refractivity contribution is 8.13. The lowest BCUT2D eigenvalue weighted by Gasteiger charge is -2.23. The van der Waals surface area contributed by atoms with Gasteiger partial charge in [0.25, 0.3) is 0 Å². The number of hydrogen-bond donors (Lipinski definition) is 2. The highest BCUT2D eigenvalue weighted by Gasteiger charge is 2.49. The normalized spacial score (nSPS) is 13.9. The average molecular weight is 508 g/mol. The quantitative estimate of drug-likeness (QED) is 0.162. The molecule has 1 atom stereocenters. The van der Waals surface area contributed by atoms with Gasteiger partial charge in [-0.25, -0.2) is 9.59 Å². The number of nitrogens with one attached hydrogen (secondary N) is 2. The van der Waals surface area contributed by atoms with Crippen molar-refractivity contribution in [3.8, 4) is 0 Å². The zero-order valence-corrected chi connectivity index (χ0v) is 19.5. The minimum atomic E-state index is -6.16. The first kappa shape index (κ1) is 29.5. The number of esters is 1. The van der Waals surface area contributed by atoms with Gasteiger partial charge in [-0.05, 0) is 27.7 Å². The second-order valence-corrected chi connectivity index (χ2v) is 9.63. The summed E-state index contributed by atoms with van der Waals surface area (Å²) in [5, 5.41) is 3.55. The van der Waals surface area contributed by atoms with E-state index in [0.717, 1.165) is 7.11 Å². The Morgan fingerprint density at radius 2 is 1.59 bits per heavy atom. The second kappa shape index (κ2) is 11.4. The highest BCUT2D eigenvalue weighted by Crippen LogP contribution is 2.27. The van der Waals surface area contributed by atoms with Crippen molar-refractivity contribution >= 4 is 45.0 Å². The molecule has 16 heteroatoms. The van der Waals surface area contributed by atoms with E-state index in [1.54, 1.807) is 0 Å². The number of halogens is 3. The molecule has 184 valence electrons. The van der Waals surface area contributed by atoms with E-state index in [4.69, 9.17) is 4.74 Å². The Balaban J connectivity index is 5.90. The van der Waals surface area contributed by atoms with Crippen LogP contribution in [0.2, 0.25) is 0 Å². The Kier molecular flexibility index (Phi) is 10.5. The van der Waals surface area contributed by atoms with Crippen molar-refractivity contribution in [3.05, 3.63) is 11.5 Å². The molecule has 0 fully saturated rings. The predicted octanol–water partition coefficient (Wildman–Crippen LogP) is 1.55. The number of carbonyl (C=O) groups is 4. The van der Waals surface area contributed by atoms with Crippen molar-refractivity contribution in [2.24, 2.45) is 0 Å². The lowest BCUT2D eigenvalue weighted by molar-refractivity contribution is -0.138. The van der Waals surface area contributed by atoms with Crippen LogP contribution in [-0.4, -0.2) is 61.5 Å². The highest BCUT2D eigenvalue weighted by atomic mass is 32.2. The minimum absolute atomic E-state index is 0.352. The first-order chi connectivity index (χ1) is 14.3. The molecule has 0 heterocycles. The Bertz CT molecular complexity index is 878. The summed E-state index contributed by atoms with van der Waals surface area (Å²) in [4.78, 5) is 47.7. The fourth-order valence-corrected chi connectivity index (χ4v) is 2.83. The van der Waals surface area contributed by atoms with Gasteiger partial charge in [-0.3, -0.25) is 9.59 Å². The van der Waals surface area contributed by atoms with Crippen molar-refractivity contribution in [1.29, 1.82) is 0 Å². The van der Waals surface area contributed by atoms with Crippen LogP contribution in [0.3, 0.4) is 0 Å². The SMILES string of the molecule is COC(=O)/C(NC(=O)[C@H](CSC(C)=O)NC(=O)OC(C)(C)C)=C(/C)OS(=O)(=O)C(F)(F)F. The number of carbonyl (C=O) groups excluding carboxylic acids is 4. The molecule has 0 radical (unpaired) electrons. The maximum absolute atomic E-state index is 12.6. The molecule has 0 aromatic heterocycles. The van der Waals surface area contributed by atoms with Crippen LogP contribution in [0.1, 0.15) is 34.6 Å². The molecule has 0 saturated heterocycles. The number of alkyl halides is 3. The lowest BCUT2D eigenvalue weighted by Crippen LogP contribution is -2.50. The van der Waals surface area contributed by atoms with E-state index in [1.165, 1.54) is 27.7 Å². The van der Waals surface area contributed by atoms with E-state index >= 15 is 0 Å². The number of methoxy groups -OCH3 is 1. The van der Waals surface area contributed by atoms with Gasteiger partial charge < -0.3 is 24.3 Å². The Hall–Kier alpha value is -2.49. The number of ether oxygens (including phenoxy) is 2. The van der Waals surface area contributed by atoms with Crippen molar-refractivity contribution in [2.75, 3.05) is 12.9 Å². The van der Waals surface area contributed by atoms with E-state index in [-0.39, 0.29) is 5.75 Å². The zero-order chi connectivity index (χ0) is 25.5. The number of alkyl carbamates (subject to hydrolysis) is 1. The molecule has 0 aromatic rings. The Morgan fingerprint density at radius 1 is 1.06 bits per heavy atom. The molecule has 2 N–H and O–H groups in total. The maximum atomic E-state index is 12.6. The van der Waals surface area contributed by atoms with Crippen molar-refractivity contribution < 1.29 is 54.4 Å². The maximum Gasteiger partial charge on any atom is 0.534 e. The first-order valence-electron chi connectivity index (χ1n) is 8.54. The molecule has 32 heavy (non-hydrogen) atoms. The third-order valence-electron chi connectivity index (χ3n) is 2.97. The van der Waals surface area contributed by atoms with Crippen LogP contribution in [0.25, 0.3) is 0 Å². The van der Waals surface area contributed by atoms with Crippen molar-refractivity contribution in [3.63, 3.8) is 0 Å². The van der Waals surface area contributed by atoms with Crippen LogP contribution in [0.4, 0.5) is 18.0 Å². The number of amides is 2. The minimum Gasteiger partial charge on any atom is -0.464 e.